The van der Waals surface area contributed by atoms with Gasteiger partial charge in [0.05, 0.1) is 21.3 Å². The minimum absolute atomic E-state index is 0.0666. The highest BCUT2D eigenvalue weighted by molar-refractivity contribution is 7.21. The number of thiazole rings is 1. The smallest absolute Gasteiger partial charge is 0.124 e. The van der Waals surface area contributed by atoms with Gasteiger partial charge in [-0.2, -0.15) is 0 Å². The van der Waals surface area contributed by atoms with Crippen molar-refractivity contribution in [2.24, 2.45) is 0 Å². The molecule has 9 aromatic carbocycles. The molecule has 278 valence electrons. The zero-order valence-electron chi connectivity index (χ0n) is 32.8. The summed E-state index contributed by atoms with van der Waals surface area (Å²) in [7, 11) is 0. The number of hydrogen-bond donors (Lipinski definition) is 0. The van der Waals surface area contributed by atoms with Gasteiger partial charge < -0.3 is 4.57 Å². The van der Waals surface area contributed by atoms with Crippen LogP contribution in [0.1, 0.15) is 25.0 Å². The first-order valence-electron chi connectivity index (χ1n) is 20.4. The molecule has 0 atom stereocenters. The molecule has 1 aliphatic carbocycles. The monoisotopic (exact) mass is 770 g/mol. The summed E-state index contributed by atoms with van der Waals surface area (Å²) < 4.78 is 3.66. The number of para-hydroxylation sites is 1. The normalized spacial score (nSPS) is 13.1. The van der Waals surface area contributed by atoms with Crippen molar-refractivity contribution in [2.75, 3.05) is 0 Å². The molecule has 0 amide bonds. The number of nitrogens with zero attached hydrogens (tertiary/aromatic N) is 2. The number of benzene rings is 9. The zero-order chi connectivity index (χ0) is 39.2. The van der Waals surface area contributed by atoms with Gasteiger partial charge in [0.25, 0.3) is 0 Å². The van der Waals surface area contributed by atoms with Gasteiger partial charge in [-0.25, -0.2) is 4.98 Å². The Morgan fingerprint density at radius 1 is 0.441 bits per heavy atom. The number of fused-ring (bicyclic) bond motifs is 8. The van der Waals surface area contributed by atoms with Gasteiger partial charge in [-0.15, -0.1) is 11.3 Å². The van der Waals surface area contributed by atoms with E-state index in [9.17, 15) is 0 Å². The Hall–Kier alpha value is -7.07. The quantitative estimate of drug-likeness (QED) is 0.170. The van der Waals surface area contributed by atoms with Crippen LogP contribution in [0.4, 0.5) is 0 Å². The van der Waals surface area contributed by atoms with E-state index in [1.165, 1.54) is 92.9 Å². The lowest BCUT2D eigenvalue weighted by Crippen LogP contribution is -2.16. The SMILES string of the molecule is CC1(C)c2ccccc2-c2cccc(-c3ccc(-c4ccc5c6cc(-c7ccc(-c8nc9ccccc9s8)cc7)ccc6n(-c6ccc7ccccc7c6)c5c4)cc3)c21. The topological polar surface area (TPSA) is 17.8 Å². The lowest BCUT2D eigenvalue weighted by Gasteiger charge is -2.24. The zero-order valence-corrected chi connectivity index (χ0v) is 33.6. The molecule has 0 bridgehead atoms. The molecule has 2 nitrogen and oxygen atoms in total. The van der Waals surface area contributed by atoms with E-state index in [1.807, 2.05) is 0 Å². The first-order chi connectivity index (χ1) is 29.0. The van der Waals surface area contributed by atoms with Crippen molar-refractivity contribution in [2.45, 2.75) is 19.3 Å². The molecule has 59 heavy (non-hydrogen) atoms. The molecular weight excluding hydrogens is 733 g/mol. The lowest BCUT2D eigenvalue weighted by molar-refractivity contribution is 0.662. The summed E-state index contributed by atoms with van der Waals surface area (Å²) in [5.74, 6) is 0. The minimum atomic E-state index is -0.0666. The third-order valence-electron chi connectivity index (χ3n) is 12.6. The Bertz CT molecular complexity index is 3420. The number of rotatable bonds is 5. The Balaban J connectivity index is 0.958. The van der Waals surface area contributed by atoms with E-state index in [0.29, 0.717) is 0 Å². The highest BCUT2D eigenvalue weighted by atomic mass is 32.1. The Morgan fingerprint density at radius 2 is 1.08 bits per heavy atom. The molecule has 0 saturated carbocycles. The maximum absolute atomic E-state index is 4.90. The van der Waals surface area contributed by atoms with Crippen LogP contribution in [0, 0.1) is 0 Å². The van der Waals surface area contributed by atoms with Crippen LogP contribution in [0.25, 0.3) is 104 Å². The molecule has 0 spiro atoms. The molecule has 0 aliphatic heterocycles. The van der Waals surface area contributed by atoms with Crippen LogP contribution in [0.15, 0.2) is 194 Å². The molecule has 0 fully saturated rings. The second-order valence-electron chi connectivity index (χ2n) is 16.4. The van der Waals surface area contributed by atoms with Crippen molar-refractivity contribution in [3.8, 4) is 60.8 Å². The van der Waals surface area contributed by atoms with E-state index in [0.717, 1.165) is 21.8 Å². The Morgan fingerprint density at radius 3 is 1.92 bits per heavy atom. The predicted molar refractivity (Wildman–Crippen MR) is 251 cm³/mol. The van der Waals surface area contributed by atoms with Gasteiger partial charge in [0.2, 0.25) is 0 Å². The van der Waals surface area contributed by atoms with Gasteiger partial charge in [-0.05, 0) is 109 Å². The molecular formula is C56H38N2S. The molecule has 1 aliphatic rings. The summed E-state index contributed by atoms with van der Waals surface area (Å²) in [6, 6.07) is 71.5. The second kappa shape index (κ2) is 13.0. The van der Waals surface area contributed by atoms with E-state index in [-0.39, 0.29) is 5.41 Å². The average molecular weight is 771 g/mol. The number of aromatic nitrogens is 2. The molecule has 0 N–H and O–H groups in total. The third kappa shape index (κ3) is 5.35. The molecule has 0 unspecified atom stereocenters. The summed E-state index contributed by atoms with van der Waals surface area (Å²) in [5.41, 5.74) is 18.5. The van der Waals surface area contributed by atoms with Crippen LogP contribution in [0.5, 0.6) is 0 Å². The Kier molecular flexibility index (Phi) is 7.48. The largest absolute Gasteiger partial charge is 0.309 e. The second-order valence-corrected chi connectivity index (χ2v) is 17.4. The van der Waals surface area contributed by atoms with Crippen molar-refractivity contribution in [1.82, 2.24) is 9.55 Å². The van der Waals surface area contributed by atoms with Crippen LogP contribution in [0.3, 0.4) is 0 Å². The minimum Gasteiger partial charge on any atom is -0.309 e. The molecule has 2 aromatic heterocycles. The molecule has 3 heteroatoms. The lowest BCUT2D eigenvalue weighted by atomic mass is 9.79. The Labute approximate surface area is 347 Å². The third-order valence-corrected chi connectivity index (χ3v) is 13.7. The van der Waals surface area contributed by atoms with Crippen molar-refractivity contribution < 1.29 is 0 Å². The summed E-state index contributed by atoms with van der Waals surface area (Å²) in [6.07, 6.45) is 0. The first kappa shape index (κ1) is 34.0. The van der Waals surface area contributed by atoms with Gasteiger partial charge in [0.15, 0.2) is 0 Å². The van der Waals surface area contributed by atoms with Crippen molar-refractivity contribution in [3.05, 3.63) is 205 Å². The van der Waals surface area contributed by atoms with E-state index < -0.39 is 0 Å². The van der Waals surface area contributed by atoms with Crippen LogP contribution in [-0.4, -0.2) is 9.55 Å². The fraction of sp³-hybridized carbons (Fsp3) is 0.0536. The molecule has 11 aromatic rings. The van der Waals surface area contributed by atoms with Crippen LogP contribution >= 0.6 is 11.3 Å². The maximum Gasteiger partial charge on any atom is 0.124 e. The average Bonchev–Trinajstić information content (AvgIpc) is 3.94. The van der Waals surface area contributed by atoms with E-state index in [4.69, 9.17) is 4.98 Å². The fourth-order valence-corrected chi connectivity index (χ4v) is 10.7. The summed E-state index contributed by atoms with van der Waals surface area (Å²) in [5, 5.41) is 6.00. The highest BCUT2D eigenvalue weighted by Gasteiger charge is 2.37. The van der Waals surface area contributed by atoms with E-state index in [2.05, 4.69) is 213 Å². The molecule has 2 heterocycles. The number of hydrogen-bond acceptors (Lipinski definition) is 2. The van der Waals surface area contributed by atoms with Crippen molar-refractivity contribution in [1.29, 1.82) is 0 Å². The van der Waals surface area contributed by atoms with Gasteiger partial charge in [-0.3, -0.25) is 0 Å². The molecule has 12 rings (SSSR count). The highest BCUT2D eigenvalue weighted by Crippen LogP contribution is 2.52. The molecule has 0 saturated heterocycles. The fourth-order valence-electron chi connectivity index (χ4n) is 9.71. The van der Waals surface area contributed by atoms with E-state index >= 15 is 0 Å². The van der Waals surface area contributed by atoms with E-state index in [1.54, 1.807) is 11.3 Å². The predicted octanol–water partition coefficient (Wildman–Crippen LogP) is 15.5. The maximum atomic E-state index is 4.90. The van der Waals surface area contributed by atoms with Crippen LogP contribution < -0.4 is 0 Å². The standard InChI is InChI=1S/C56H38N2S/c1-56(2)49-15-6-5-12-45(49)47-14-9-13-44(54(47)56)38-22-18-37(19-23-38)42-27-30-46-48-33-41(36-20-24-39(25-21-36)55-57-50-16-7-8-17-53(50)59-55)28-31-51(48)58(52(46)34-42)43-29-26-35-10-3-4-11-40(35)32-43/h3-34H,1-2H3. The van der Waals surface area contributed by atoms with Crippen molar-refractivity contribution in [3.63, 3.8) is 0 Å². The van der Waals surface area contributed by atoms with Crippen LogP contribution in [-0.2, 0) is 5.41 Å². The van der Waals surface area contributed by atoms with Gasteiger partial charge in [-0.1, -0.05) is 166 Å². The van der Waals surface area contributed by atoms with Gasteiger partial charge in [0.1, 0.15) is 5.01 Å². The van der Waals surface area contributed by atoms with Crippen LogP contribution in [0.2, 0.25) is 0 Å². The summed E-state index contributed by atoms with van der Waals surface area (Å²) in [4.78, 5) is 4.90. The summed E-state index contributed by atoms with van der Waals surface area (Å²) >= 11 is 1.74. The van der Waals surface area contributed by atoms with Gasteiger partial charge in [0, 0.05) is 27.4 Å². The van der Waals surface area contributed by atoms with Crippen molar-refractivity contribution >= 4 is 54.1 Å². The first-order valence-corrected chi connectivity index (χ1v) is 21.2. The van der Waals surface area contributed by atoms with Gasteiger partial charge >= 0.3 is 0 Å². The molecule has 0 radical (unpaired) electrons. The summed E-state index contributed by atoms with van der Waals surface area (Å²) in [6.45, 7) is 4.73.